The van der Waals surface area contributed by atoms with Gasteiger partial charge in [-0.25, -0.2) is 0 Å². The smallest absolute Gasteiger partial charge is 0.129 e. The summed E-state index contributed by atoms with van der Waals surface area (Å²) < 4.78 is 0. The minimum absolute atomic E-state index is 0.212. The Balaban J connectivity index is 2.77. The zero-order valence-corrected chi connectivity index (χ0v) is 9.13. The number of allylic oxidation sites excluding steroid dienone is 2. The third kappa shape index (κ3) is 2.43. The molecule has 0 aromatic heterocycles. The standard InChI is InChI=1S/C12H20O/c1-11(2,3)10-6-5-7-12(4,8-10)9-13/h5,7,9-10H,6,8H2,1-4H3. The van der Waals surface area contributed by atoms with Gasteiger partial charge < -0.3 is 4.79 Å². The summed E-state index contributed by atoms with van der Waals surface area (Å²) in [5, 5.41) is 0. The van der Waals surface area contributed by atoms with Crippen molar-refractivity contribution < 1.29 is 4.79 Å². The molecule has 13 heavy (non-hydrogen) atoms. The first-order chi connectivity index (χ1) is 5.87. The predicted molar refractivity (Wildman–Crippen MR) is 55.5 cm³/mol. The molecule has 1 rings (SSSR count). The first kappa shape index (κ1) is 10.5. The molecule has 0 aromatic carbocycles. The van der Waals surface area contributed by atoms with Crippen molar-refractivity contribution in [2.24, 2.45) is 16.7 Å². The summed E-state index contributed by atoms with van der Waals surface area (Å²) in [6.07, 6.45) is 7.42. The highest BCUT2D eigenvalue weighted by atomic mass is 16.1. The van der Waals surface area contributed by atoms with Crippen LogP contribution in [0.2, 0.25) is 0 Å². The summed E-state index contributed by atoms with van der Waals surface area (Å²) >= 11 is 0. The Morgan fingerprint density at radius 1 is 1.46 bits per heavy atom. The molecule has 0 bridgehead atoms. The summed E-state index contributed by atoms with van der Waals surface area (Å²) in [4.78, 5) is 10.9. The van der Waals surface area contributed by atoms with Gasteiger partial charge in [0, 0.05) is 5.41 Å². The van der Waals surface area contributed by atoms with Crippen LogP contribution in [0.5, 0.6) is 0 Å². The highest BCUT2D eigenvalue weighted by Gasteiger charge is 2.34. The molecule has 2 atom stereocenters. The van der Waals surface area contributed by atoms with Crippen LogP contribution in [-0.2, 0) is 4.79 Å². The molecule has 0 aliphatic heterocycles. The van der Waals surface area contributed by atoms with E-state index in [4.69, 9.17) is 0 Å². The zero-order valence-electron chi connectivity index (χ0n) is 9.13. The van der Waals surface area contributed by atoms with E-state index in [0.29, 0.717) is 11.3 Å². The van der Waals surface area contributed by atoms with Crippen LogP contribution in [-0.4, -0.2) is 6.29 Å². The third-order valence-corrected chi connectivity index (χ3v) is 3.10. The van der Waals surface area contributed by atoms with Crippen LogP contribution in [0.25, 0.3) is 0 Å². The van der Waals surface area contributed by atoms with Crippen LogP contribution in [0.4, 0.5) is 0 Å². The molecule has 1 aliphatic carbocycles. The molecule has 0 aromatic rings. The van der Waals surface area contributed by atoms with Crippen LogP contribution < -0.4 is 0 Å². The lowest BCUT2D eigenvalue weighted by Crippen LogP contribution is -2.30. The Labute approximate surface area is 81.2 Å². The highest BCUT2D eigenvalue weighted by Crippen LogP contribution is 2.41. The molecular formula is C12H20O. The minimum atomic E-state index is -0.212. The first-order valence-corrected chi connectivity index (χ1v) is 5.01. The Hall–Kier alpha value is -0.590. The lowest BCUT2D eigenvalue weighted by Gasteiger charge is -2.37. The van der Waals surface area contributed by atoms with Crippen molar-refractivity contribution in [2.75, 3.05) is 0 Å². The van der Waals surface area contributed by atoms with Crippen LogP contribution in [0.15, 0.2) is 12.2 Å². The fraction of sp³-hybridized carbons (Fsp3) is 0.750. The van der Waals surface area contributed by atoms with Gasteiger partial charge >= 0.3 is 0 Å². The molecule has 0 radical (unpaired) electrons. The molecule has 74 valence electrons. The van der Waals surface area contributed by atoms with Crippen LogP contribution in [0.3, 0.4) is 0 Å². The fourth-order valence-electron chi connectivity index (χ4n) is 1.93. The summed E-state index contributed by atoms with van der Waals surface area (Å²) in [7, 11) is 0. The summed E-state index contributed by atoms with van der Waals surface area (Å²) in [6, 6.07) is 0. The molecule has 0 heterocycles. The molecule has 0 saturated carbocycles. The quantitative estimate of drug-likeness (QED) is 0.447. The maximum Gasteiger partial charge on any atom is 0.129 e. The first-order valence-electron chi connectivity index (χ1n) is 5.01. The van der Waals surface area contributed by atoms with Crippen molar-refractivity contribution in [1.29, 1.82) is 0 Å². The topological polar surface area (TPSA) is 17.1 Å². The number of carbonyl (C=O) groups is 1. The van der Waals surface area contributed by atoms with Crippen molar-refractivity contribution in [3.05, 3.63) is 12.2 Å². The molecule has 1 nitrogen and oxygen atoms in total. The van der Waals surface area contributed by atoms with E-state index in [1.807, 2.05) is 6.92 Å². The molecule has 0 N–H and O–H groups in total. The molecule has 0 saturated heterocycles. The number of aldehydes is 1. The van der Waals surface area contributed by atoms with E-state index in [0.717, 1.165) is 19.1 Å². The van der Waals surface area contributed by atoms with Crippen LogP contribution >= 0.6 is 0 Å². The highest BCUT2D eigenvalue weighted by molar-refractivity contribution is 5.62. The van der Waals surface area contributed by atoms with Crippen molar-refractivity contribution in [2.45, 2.75) is 40.5 Å². The van der Waals surface area contributed by atoms with Crippen LogP contribution in [0, 0.1) is 16.7 Å². The second kappa shape index (κ2) is 3.28. The van der Waals surface area contributed by atoms with Gasteiger partial charge in [0.2, 0.25) is 0 Å². The van der Waals surface area contributed by atoms with E-state index in [2.05, 4.69) is 32.9 Å². The van der Waals surface area contributed by atoms with E-state index in [1.165, 1.54) is 0 Å². The molecule has 1 heteroatoms. The molecular weight excluding hydrogens is 160 g/mol. The zero-order chi connectivity index (χ0) is 10.1. The maximum atomic E-state index is 10.9. The Morgan fingerprint density at radius 2 is 2.08 bits per heavy atom. The van der Waals surface area contributed by atoms with E-state index in [1.54, 1.807) is 0 Å². The van der Waals surface area contributed by atoms with Gasteiger partial charge in [-0.3, -0.25) is 0 Å². The van der Waals surface area contributed by atoms with Gasteiger partial charge in [0.25, 0.3) is 0 Å². The second-order valence-electron chi connectivity index (χ2n) is 5.53. The Morgan fingerprint density at radius 3 is 2.54 bits per heavy atom. The average Bonchev–Trinajstić information content (AvgIpc) is 2.03. The molecule has 1 aliphatic rings. The maximum absolute atomic E-state index is 10.9. The van der Waals surface area contributed by atoms with Crippen molar-refractivity contribution in [3.63, 3.8) is 0 Å². The minimum Gasteiger partial charge on any atom is -0.302 e. The number of carbonyl (C=O) groups excluding carboxylic acids is 1. The lowest BCUT2D eigenvalue weighted by atomic mass is 9.67. The van der Waals surface area contributed by atoms with Gasteiger partial charge in [-0.05, 0) is 31.1 Å². The molecule has 0 amide bonds. The lowest BCUT2D eigenvalue weighted by molar-refractivity contribution is -0.114. The van der Waals surface area contributed by atoms with Crippen molar-refractivity contribution >= 4 is 6.29 Å². The normalized spacial score (nSPS) is 34.6. The van der Waals surface area contributed by atoms with E-state index in [9.17, 15) is 4.79 Å². The van der Waals surface area contributed by atoms with Gasteiger partial charge in [-0.2, -0.15) is 0 Å². The van der Waals surface area contributed by atoms with Gasteiger partial charge in [0.05, 0.1) is 0 Å². The van der Waals surface area contributed by atoms with Gasteiger partial charge in [0.1, 0.15) is 6.29 Å². The summed E-state index contributed by atoms with van der Waals surface area (Å²) in [6.45, 7) is 8.78. The summed E-state index contributed by atoms with van der Waals surface area (Å²) in [5.74, 6) is 0.632. The van der Waals surface area contributed by atoms with Gasteiger partial charge in [-0.1, -0.05) is 32.9 Å². The van der Waals surface area contributed by atoms with Crippen LogP contribution in [0.1, 0.15) is 40.5 Å². The number of hydrogen-bond donors (Lipinski definition) is 0. The van der Waals surface area contributed by atoms with Gasteiger partial charge in [0.15, 0.2) is 0 Å². The SMILES string of the molecule is CC1(C=O)C=CCC(C(C)(C)C)C1. The Kier molecular flexibility index (Phi) is 2.65. The van der Waals surface area contributed by atoms with Crippen molar-refractivity contribution in [3.8, 4) is 0 Å². The molecule has 0 spiro atoms. The third-order valence-electron chi connectivity index (χ3n) is 3.10. The predicted octanol–water partition coefficient (Wildman–Crippen LogP) is 3.20. The fourth-order valence-corrected chi connectivity index (χ4v) is 1.93. The summed E-state index contributed by atoms with van der Waals surface area (Å²) in [5.41, 5.74) is 0.102. The largest absolute Gasteiger partial charge is 0.302 e. The molecule has 2 unspecified atom stereocenters. The monoisotopic (exact) mass is 180 g/mol. The average molecular weight is 180 g/mol. The Bertz CT molecular complexity index is 222. The van der Waals surface area contributed by atoms with Gasteiger partial charge in [-0.15, -0.1) is 0 Å². The van der Waals surface area contributed by atoms with E-state index < -0.39 is 0 Å². The van der Waals surface area contributed by atoms with E-state index >= 15 is 0 Å². The molecule has 0 fully saturated rings. The number of rotatable bonds is 1. The van der Waals surface area contributed by atoms with Crippen molar-refractivity contribution in [1.82, 2.24) is 0 Å². The number of hydrogen-bond acceptors (Lipinski definition) is 1. The second-order valence-corrected chi connectivity index (χ2v) is 5.53. The van der Waals surface area contributed by atoms with E-state index in [-0.39, 0.29) is 5.41 Å².